The number of nitrogens with zero attached hydrogens (tertiary/aromatic N) is 4. The van der Waals surface area contributed by atoms with Crippen molar-refractivity contribution in [2.75, 3.05) is 58.4 Å². The zero-order valence-electron chi connectivity index (χ0n) is 16.4. The summed E-state index contributed by atoms with van der Waals surface area (Å²) in [5, 5.41) is 12.6. The number of hydrogen-bond donors (Lipinski definition) is 2. The van der Waals surface area contributed by atoms with Crippen LogP contribution in [0.1, 0.15) is 18.0 Å². The topological polar surface area (TPSA) is 95.6 Å². The van der Waals surface area contributed by atoms with Crippen LogP contribution in [0.15, 0.2) is 24.3 Å². The van der Waals surface area contributed by atoms with Gasteiger partial charge in [-0.25, -0.2) is 9.97 Å². The molecule has 0 spiro atoms. The van der Waals surface area contributed by atoms with E-state index < -0.39 is 5.92 Å². The molecule has 1 atom stereocenters. The Morgan fingerprint density at radius 1 is 1.32 bits per heavy atom. The molecule has 2 aromatic rings. The third-order valence-corrected chi connectivity index (χ3v) is 4.98. The molecule has 0 aliphatic carbocycles. The molecule has 1 amide bonds. The second-order valence-corrected chi connectivity index (χ2v) is 7.06. The third-order valence-electron chi connectivity index (χ3n) is 4.98. The van der Waals surface area contributed by atoms with Crippen molar-refractivity contribution >= 4 is 22.8 Å². The van der Waals surface area contributed by atoms with E-state index in [2.05, 4.69) is 28.3 Å². The number of ether oxygens (including phenoxy) is 1. The van der Waals surface area contributed by atoms with Crippen molar-refractivity contribution in [1.29, 1.82) is 5.26 Å². The van der Waals surface area contributed by atoms with Crippen LogP contribution in [0.25, 0.3) is 11.0 Å². The first-order chi connectivity index (χ1) is 13.6. The highest BCUT2D eigenvalue weighted by atomic mass is 16.5. The highest BCUT2D eigenvalue weighted by molar-refractivity contribution is 5.88. The molecule has 2 heterocycles. The molecule has 1 saturated heterocycles. The van der Waals surface area contributed by atoms with Crippen molar-refractivity contribution in [2.45, 2.75) is 12.3 Å². The molecule has 1 aromatic heterocycles. The van der Waals surface area contributed by atoms with E-state index in [1.807, 2.05) is 24.3 Å². The van der Waals surface area contributed by atoms with E-state index in [0.717, 1.165) is 31.7 Å². The number of likely N-dealkylation sites (N-methyl/N-ethyl adjacent to an activating group) is 1. The Bertz CT molecular complexity index is 857. The molecule has 1 fully saturated rings. The summed E-state index contributed by atoms with van der Waals surface area (Å²) in [5.74, 6) is -0.698. The molecule has 2 N–H and O–H groups in total. The van der Waals surface area contributed by atoms with E-state index in [9.17, 15) is 10.1 Å². The number of benzene rings is 1. The van der Waals surface area contributed by atoms with Gasteiger partial charge in [0.05, 0.1) is 50.3 Å². The monoisotopic (exact) mass is 383 g/mol. The lowest BCUT2D eigenvalue weighted by Gasteiger charge is -2.32. The van der Waals surface area contributed by atoms with Crippen molar-refractivity contribution in [2.24, 2.45) is 0 Å². The van der Waals surface area contributed by atoms with Gasteiger partial charge in [-0.05, 0) is 18.6 Å². The molecule has 148 valence electrons. The maximum atomic E-state index is 12.7. The summed E-state index contributed by atoms with van der Waals surface area (Å²) in [6, 6.07) is 9.69. The molecular weight excluding hydrogens is 356 g/mol. The number of piperazine rings is 1. The minimum atomic E-state index is -0.998. The summed E-state index contributed by atoms with van der Waals surface area (Å²) in [5.41, 5.74) is 1.89. The summed E-state index contributed by atoms with van der Waals surface area (Å²) >= 11 is 0. The normalized spacial score (nSPS) is 16.0. The lowest BCUT2D eigenvalue weighted by atomic mass is 10.0. The Hall–Kier alpha value is -2.76. The summed E-state index contributed by atoms with van der Waals surface area (Å²) in [7, 11) is 3.78. The van der Waals surface area contributed by atoms with Crippen LogP contribution in [0.3, 0.4) is 0 Å². The van der Waals surface area contributed by atoms with Crippen molar-refractivity contribution < 1.29 is 14.4 Å². The molecule has 0 bridgehead atoms. The number of anilines is 1. The number of carbonyl (C=O) groups is 1. The quantitative estimate of drug-likeness (QED) is 0.639. The lowest BCUT2D eigenvalue weighted by molar-refractivity contribution is -0.880. The molecule has 1 aliphatic rings. The number of para-hydroxylation sites is 2. The smallest absolute Gasteiger partial charge is 0.243 e. The summed E-state index contributed by atoms with van der Waals surface area (Å²) < 4.78 is 5.00. The van der Waals surface area contributed by atoms with Gasteiger partial charge in [0.15, 0.2) is 11.7 Å². The maximum absolute atomic E-state index is 12.7. The van der Waals surface area contributed by atoms with Crippen LogP contribution in [0.4, 0.5) is 5.82 Å². The van der Waals surface area contributed by atoms with E-state index in [4.69, 9.17) is 9.72 Å². The van der Waals surface area contributed by atoms with Gasteiger partial charge in [-0.2, -0.15) is 5.26 Å². The molecular formula is C20H27N6O2+. The van der Waals surface area contributed by atoms with Gasteiger partial charge < -0.3 is 19.9 Å². The number of hydrogen-bond acceptors (Lipinski definition) is 6. The van der Waals surface area contributed by atoms with Crippen LogP contribution in [-0.2, 0) is 9.53 Å². The van der Waals surface area contributed by atoms with Gasteiger partial charge in [0.1, 0.15) is 5.69 Å². The number of rotatable bonds is 7. The lowest BCUT2D eigenvalue weighted by Crippen LogP contribution is -3.12. The van der Waals surface area contributed by atoms with Crippen LogP contribution < -0.4 is 15.1 Å². The predicted molar refractivity (Wildman–Crippen MR) is 106 cm³/mol. The van der Waals surface area contributed by atoms with Crippen molar-refractivity contribution in [3.63, 3.8) is 0 Å². The summed E-state index contributed by atoms with van der Waals surface area (Å²) in [4.78, 5) is 25.8. The van der Waals surface area contributed by atoms with Crippen LogP contribution in [0.5, 0.6) is 0 Å². The SMILES string of the molecule is COCCCNC(=O)[C@H](C#N)c1nc2ccccc2nc1N1CC[NH+](C)CC1. The highest BCUT2D eigenvalue weighted by Crippen LogP contribution is 2.27. The fourth-order valence-electron chi connectivity index (χ4n) is 3.31. The molecule has 0 radical (unpaired) electrons. The van der Waals surface area contributed by atoms with Gasteiger partial charge >= 0.3 is 0 Å². The number of fused-ring (bicyclic) bond motifs is 1. The fraction of sp³-hybridized carbons (Fsp3) is 0.500. The molecule has 3 rings (SSSR count). The molecule has 0 unspecified atom stereocenters. The Kier molecular flexibility index (Phi) is 6.74. The van der Waals surface area contributed by atoms with Gasteiger partial charge in [-0.15, -0.1) is 0 Å². The first-order valence-corrected chi connectivity index (χ1v) is 9.63. The van der Waals surface area contributed by atoms with E-state index in [0.29, 0.717) is 36.6 Å². The van der Waals surface area contributed by atoms with Crippen molar-refractivity contribution in [3.8, 4) is 6.07 Å². The Morgan fingerprint density at radius 2 is 2.00 bits per heavy atom. The van der Waals surface area contributed by atoms with Crippen LogP contribution in [-0.4, -0.2) is 69.4 Å². The fourth-order valence-corrected chi connectivity index (χ4v) is 3.31. The van der Waals surface area contributed by atoms with Gasteiger partial charge in [-0.3, -0.25) is 4.79 Å². The Balaban J connectivity index is 1.93. The van der Waals surface area contributed by atoms with E-state index in [1.54, 1.807) is 7.11 Å². The number of quaternary nitrogens is 1. The van der Waals surface area contributed by atoms with Crippen LogP contribution >= 0.6 is 0 Å². The molecule has 1 aliphatic heterocycles. The second-order valence-electron chi connectivity index (χ2n) is 7.06. The van der Waals surface area contributed by atoms with E-state index >= 15 is 0 Å². The van der Waals surface area contributed by atoms with Crippen LogP contribution in [0, 0.1) is 11.3 Å². The zero-order chi connectivity index (χ0) is 19.9. The van der Waals surface area contributed by atoms with Crippen LogP contribution in [0.2, 0.25) is 0 Å². The Labute approximate surface area is 165 Å². The van der Waals surface area contributed by atoms with Gasteiger partial charge in [0.25, 0.3) is 0 Å². The minimum Gasteiger partial charge on any atom is -0.385 e. The molecule has 8 nitrogen and oxygen atoms in total. The average molecular weight is 383 g/mol. The number of carbonyl (C=O) groups excluding carboxylic acids is 1. The first-order valence-electron chi connectivity index (χ1n) is 9.63. The number of aromatic nitrogens is 2. The molecule has 1 aromatic carbocycles. The Morgan fingerprint density at radius 3 is 2.64 bits per heavy atom. The van der Waals surface area contributed by atoms with E-state index in [-0.39, 0.29) is 5.91 Å². The number of methoxy groups -OCH3 is 1. The number of nitriles is 1. The van der Waals surface area contributed by atoms with Gasteiger partial charge in [0, 0.05) is 20.3 Å². The standard InChI is InChI=1S/C20H26N6O2/c1-25-9-11-26(12-10-25)19-18(23-16-6-3-4-7-17(16)24-19)15(14-21)20(27)22-8-5-13-28-2/h3-4,6-7,15H,5,8-13H2,1-2H3,(H,22,27)/p+1/t15-/m1/s1. The first kappa shape index (κ1) is 20.0. The third kappa shape index (κ3) is 4.55. The number of nitrogens with one attached hydrogen (secondary N) is 2. The summed E-state index contributed by atoms with van der Waals surface area (Å²) in [6.45, 7) is 4.61. The largest absolute Gasteiger partial charge is 0.385 e. The van der Waals surface area contributed by atoms with Crippen molar-refractivity contribution in [1.82, 2.24) is 15.3 Å². The molecule has 28 heavy (non-hydrogen) atoms. The average Bonchev–Trinajstić information content (AvgIpc) is 2.72. The molecule has 0 saturated carbocycles. The number of amides is 1. The minimum absolute atomic E-state index is 0.343. The van der Waals surface area contributed by atoms with Gasteiger partial charge in [0.2, 0.25) is 5.91 Å². The summed E-state index contributed by atoms with van der Waals surface area (Å²) in [6.07, 6.45) is 0.692. The second kappa shape index (κ2) is 9.44. The maximum Gasteiger partial charge on any atom is 0.243 e. The van der Waals surface area contributed by atoms with Gasteiger partial charge in [-0.1, -0.05) is 12.1 Å². The predicted octanol–water partition coefficient (Wildman–Crippen LogP) is -0.276. The zero-order valence-corrected chi connectivity index (χ0v) is 16.4. The van der Waals surface area contributed by atoms with E-state index in [1.165, 1.54) is 4.90 Å². The highest BCUT2D eigenvalue weighted by Gasteiger charge is 2.30. The van der Waals surface area contributed by atoms with Crippen molar-refractivity contribution in [3.05, 3.63) is 30.0 Å². The molecule has 8 heteroatoms.